The van der Waals surface area contributed by atoms with Gasteiger partial charge in [0.1, 0.15) is 5.75 Å². The van der Waals surface area contributed by atoms with Crippen molar-refractivity contribution in [3.05, 3.63) is 58.6 Å². The number of urea groups is 1. The molecule has 0 heterocycles. The number of anilines is 1. The zero-order chi connectivity index (χ0) is 17.7. The Labute approximate surface area is 148 Å². The smallest absolute Gasteiger partial charge is 0.322 e. The Morgan fingerprint density at radius 3 is 2.33 bits per heavy atom. The number of carbonyl (C=O) groups excluding carboxylic acids is 1. The van der Waals surface area contributed by atoms with E-state index in [4.69, 9.17) is 16.3 Å². The molecule has 2 N–H and O–H groups in total. The van der Waals surface area contributed by atoms with E-state index in [9.17, 15) is 4.79 Å². The molecule has 5 heteroatoms. The van der Waals surface area contributed by atoms with Crippen molar-refractivity contribution in [3.8, 4) is 5.75 Å². The number of halogens is 1. The number of carbonyl (C=O) groups is 1. The summed E-state index contributed by atoms with van der Waals surface area (Å²) in [6, 6.07) is 12.9. The minimum Gasteiger partial charge on any atom is -0.471 e. The quantitative estimate of drug-likeness (QED) is 0.720. The molecule has 1 unspecified atom stereocenters. The summed E-state index contributed by atoms with van der Waals surface area (Å²) in [5, 5.41) is 6.18. The van der Waals surface area contributed by atoms with E-state index in [1.807, 2.05) is 31.2 Å². The fourth-order valence-corrected chi connectivity index (χ4v) is 2.50. The second kappa shape index (κ2) is 8.06. The van der Waals surface area contributed by atoms with Crippen molar-refractivity contribution < 1.29 is 9.53 Å². The van der Waals surface area contributed by atoms with Crippen molar-refractivity contribution >= 4 is 23.3 Å². The van der Waals surface area contributed by atoms with Gasteiger partial charge in [-0.3, -0.25) is 0 Å². The van der Waals surface area contributed by atoms with Crippen LogP contribution in [-0.4, -0.2) is 12.3 Å². The first-order valence-electron chi connectivity index (χ1n) is 7.95. The van der Waals surface area contributed by atoms with Crippen molar-refractivity contribution in [1.29, 1.82) is 0 Å². The van der Waals surface area contributed by atoms with E-state index >= 15 is 0 Å². The van der Waals surface area contributed by atoms with E-state index in [0.717, 1.165) is 11.3 Å². The van der Waals surface area contributed by atoms with E-state index in [1.54, 1.807) is 25.1 Å². The van der Waals surface area contributed by atoms with Gasteiger partial charge in [-0.1, -0.05) is 37.6 Å². The summed E-state index contributed by atoms with van der Waals surface area (Å²) in [4.78, 5) is 12.1. The maximum Gasteiger partial charge on any atom is 0.322 e. The Morgan fingerprint density at radius 1 is 1.08 bits per heavy atom. The molecule has 0 aliphatic heterocycles. The first-order chi connectivity index (χ1) is 11.3. The van der Waals surface area contributed by atoms with Crippen LogP contribution in [-0.2, 0) is 0 Å². The summed E-state index contributed by atoms with van der Waals surface area (Å²) in [6.07, 6.45) is -0.456. The van der Waals surface area contributed by atoms with Gasteiger partial charge in [0.15, 0.2) is 6.23 Å². The van der Waals surface area contributed by atoms with Gasteiger partial charge in [0.05, 0.1) is 0 Å². The molecule has 1 atom stereocenters. The summed E-state index contributed by atoms with van der Waals surface area (Å²) in [5.41, 5.74) is 2.86. The summed E-state index contributed by atoms with van der Waals surface area (Å²) in [5.74, 6) is 1.19. The van der Waals surface area contributed by atoms with Crippen LogP contribution in [0.5, 0.6) is 5.75 Å². The lowest BCUT2D eigenvalue weighted by molar-refractivity contribution is 0.183. The molecule has 0 saturated heterocycles. The average molecular weight is 347 g/mol. The second-order valence-electron chi connectivity index (χ2n) is 6.04. The van der Waals surface area contributed by atoms with E-state index in [0.29, 0.717) is 16.6 Å². The van der Waals surface area contributed by atoms with Gasteiger partial charge in [0.25, 0.3) is 0 Å². The van der Waals surface area contributed by atoms with Gasteiger partial charge in [-0.05, 0) is 61.2 Å². The standard InChI is InChI=1S/C19H23ClN2O2/c1-12(2)15-5-8-17(9-6-15)24-14(4)21-19(23)22-18-10-7-16(20)11-13(18)3/h5-12,14H,1-4H3,(H2,21,22,23). The number of ether oxygens (including phenoxy) is 1. The molecule has 0 bridgehead atoms. The molecule has 0 spiro atoms. The van der Waals surface area contributed by atoms with Gasteiger partial charge in [-0.25, -0.2) is 4.79 Å². The van der Waals surface area contributed by atoms with Crippen LogP contribution in [0.15, 0.2) is 42.5 Å². The van der Waals surface area contributed by atoms with Gasteiger partial charge in [0.2, 0.25) is 0 Å². The lowest BCUT2D eigenvalue weighted by Gasteiger charge is -2.18. The molecule has 0 aromatic heterocycles. The van der Waals surface area contributed by atoms with Crippen molar-refractivity contribution in [2.45, 2.75) is 39.8 Å². The zero-order valence-corrected chi connectivity index (χ0v) is 15.1. The van der Waals surface area contributed by atoms with Crippen LogP contribution >= 0.6 is 11.6 Å². The number of hydrogen-bond donors (Lipinski definition) is 2. The Morgan fingerprint density at radius 2 is 1.75 bits per heavy atom. The molecular formula is C19H23ClN2O2. The molecule has 24 heavy (non-hydrogen) atoms. The number of benzene rings is 2. The molecule has 0 fully saturated rings. The van der Waals surface area contributed by atoms with E-state index in [1.165, 1.54) is 5.56 Å². The van der Waals surface area contributed by atoms with Crippen molar-refractivity contribution in [3.63, 3.8) is 0 Å². The Kier molecular flexibility index (Phi) is 6.10. The van der Waals surface area contributed by atoms with Gasteiger partial charge < -0.3 is 15.4 Å². The monoisotopic (exact) mass is 346 g/mol. The molecular weight excluding hydrogens is 324 g/mol. The SMILES string of the molecule is Cc1cc(Cl)ccc1NC(=O)NC(C)Oc1ccc(C(C)C)cc1. The van der Waals surface area contributed by atoms with Gasteiger partial charge in [-0.15, -0.1) is 0 Å². The number of nitrogens with one attached hydrogen (secondary N) is 2. The predicted molar refractivity (Wildman–Crippen MR) is 99.0 cm³/mol. The molecule has 0 saturated carbocycles. The number of amides is 2. The molecule has 4 nitrogen and oxygen atoms in total. The maximum atomic E-state index is 12.1. The lowest BCUT2D eigenvalue weighted by atomic mass is 10.0. The molecule has 2 aromatic rings. The predicted octanol–water partition coefficient (Wildman–Crippen LogP) is 5.32. The Hall–Kier alpha value is -2.20. The highest BCUT2D eigenvalue weighted by molar-refractivity contribution is 6.30. The summed E-state index contributed by atoms with van der Waals surface area (Å²) < 4.78 is 5.71. The highest BCUT2D eigenvalue weighted by Crippen LogP contribution is 2.20. The molecule has 0 aliphatic carbocycles. The van der Waals surface area contributed by atoms with E-state index in [2.05, 4.69) is 24.5 Å². The van der Waals surface area contributed by atoms with Crippen LogP contribution in [0.25, 0.3) is 0 Å². The van der Waals surface area contributed by atoms with E-state index in [-0.39, 0.29) is 6.03 Å². The number of rotatable bonds is 5. The molecule has 0 radical (unpaired) electrons. The summed E-state index contributed by atoms with van der Waals surface area (Å²) in [7, 11) is 0. The minimum atomic E-state index is -0.456. The van der Waals surface area contributed by atoms with Crippen molar-refractivity contribution in [2.24, 2.45) is 0 Å². The first-order valence-corrected chi connectivity index (χ1v) is 8.33. The largest absolute Gasteiger partial charge is 0.471 e. The normalized spacial score (nSPS) is 11.9. The first kappa shape index (κ1) is 18.1. The third kappa shape index (κ3) is 5.17. The fourth-order valence-electron chi connectivity index (χ4n) is 2.28. The van der Waals surface area contributed by atoms with Crippen molar-refractivity contribution in [1.82, 2.24) is 5.32 Å². The van der Waals surface area contributed by atoms with Crippen LogP contribution in [0.3, 0.4) is 0 Å². The van der Waals surface area contributed by atoms with E-state index < -0.39 is 6.23 Å². The lowest BCUT2D eigenvalue weighted by Crippen LogP contribution is -2.39. The number of aryl methyl sites for hydroxylation is 1. The number of hydrogen-bond acceptors (Lipinski definition) is 2. The fraction of sp³-hybridized carbons (Fsp3) is 0.316. The molecule has 2 amide bonds. The third-order valence-corrected chi connectivity index (χ3v) is 3.87. The van der Waals surface area contributed by atoms with Crippen LogP contribution in [0.1, 0.15) is 37.8 Å². The molecule has 0 aliphatic rings. The minimum absolute atomic E-state index is 0.327. The van der Waals surface area contributed by atoms with Gasteiger partial charge in [-0.2, -0.15) is 0 Å². The van der Waals surface area contributed by atoms with Gasteiger partial charge in [0, 0.05) is 10.7 Å². The highest BCUT2D eigenvalue weighted by Gasteiger charge is 2.10. The van der Waals surface area contributed by atoms with Crippen LogP contribution in [0, 0.1) is 6.92 Å². The molecule has 2 rings (SSSR count). The Bertz CT molecular complexity index is 699. The second-order valence-corrected chi connectivity index (χ2v) is 6.48. The third-order valence-electron chi connectivity index (χ3n) is 3.63. The summed E-state index contributed by atoms with van der Waals surface area (Å²) in [6.45, 7) is 7.95. The highest BCUT2D eigenvalue weighted by atomic mass is 35.5. The average Bonchev–Trinajstić information content (AvgIpc) is 2.50. The van der Waals surface area contributed by atoms with Crippen molar-refractivity contribution in [2.75, 3.05) is 5.32 Å². The summed E-state index contributed by atoms with van der Waals surface area (Å²) >= 11 is 5.91. The van der Waals surface area contributed by atoms with Gasteiger partial charge >= 0.3 is 6.03 Å². The molecule has 128 valence electrons. The Balaban J connectivity index is 1.89. The van der Waals surface area contributed by atoms with Crippen LogP contribution < -0.4 is 15.4 Å². The zero-order valence-electron chi connectivity index (χ0n) is 14.4. The maximum absolute atomic E-state index is 12.1. The van der Waals surface area contributed by atoms with Crippen LogP contribution in [0.4, 0.5) is 10.5 Å². The topological polar surface area (TPSA) is 50.4 Å². The molecule has 2 aromatic carbocycles. The van der Waals surface area contributed by atoms with Crippen LogP contribution in [0.2, 0.25) is 5.02 Å².